The number of anilines is 1. The van der Waals surface area contributed by atoms with Crippen LogP contribution in [0.5, 0.6) is 0 Å². The van der Waals surface area contributed by atoms with Gasteiger partial charge in [-0.05, 0) is 6.07 Å². The maximum absolute atomic E-state index is 12.1. The van der Waals surface area contributed by atoms with E-state index in [1.165, 1.54) is 16.8 Å². The third-order valence-corrected chi connectivity index (χ3v) is 4.46. The summed E-state index contributed by atoms with van der Waals surface area (Å²) < 4.78 is 12.2. The predicted molar refractivity (Wildman–Crippen MR) is 96.1 cm³/mol. The van der Waals surface area contributed by atoms with Crippen LogP contribution in [0.25, 0.3) is 0 Å². The zero-order chi connectivity index (χ0) is 20.3. The number of nitro benzene ring substituents is 1. The van der Waals surface area contributed by atoms with E-state index >= 15 is 0 Å². The molecule has 1 aliphatic heterocycles. The number of benzene rings is 1. The molecule has 2 heterocycles. The molecule has 0 spiro atoms. The number of aliphatic hydroxyl groups excluding tert-OH is 2. The van der Waals surface area contributed by atoms with Gasteiger partial charge in [-0.25, -0.2) is 4.79 Å². The minimum atomic E-state index is -0.905. The Balaban J connectivity index is 1.73. The number of nitro groups is 1. The molecule has 3 atom stereocenters. The summed E-state index contributed by atoms with van der Waals surface area (Å²) in [6, 6.07) is 6.20. The molecule has 1 aromatic carbocycles. The van der Waals surface area contributed by atoms with E-state index in [1.807, 2.05) is 0 Å². The number of hydrogen-bond donors (Lipinski definition) is 3. The van der Waals surface area contributed by atoms with Gasteiger partial charge in [0.05, 0.1) is 36.4 Å². The van der Waals surface area contributed by atoms with Crippen LogP contribution < -0.4 is 11.4 Å². The summed E-state index contributed by atoms with van der Waals surface area (Å²) in [6.45, 7) is -0.439. The molecule has 150 valence electrons. The highest BCUT2D eigenvalue weighted by molar-refractivity contribution is 5.39. The van der Waals surface area contributed by atoms with Crippen LogP contribution >= 0.6 is 0 Å². The number of hydrogen-bond acceptors (Lipinski definition) is 9. The van der Waals surface area contributed by atoms with E-state index in [2.05, 4.69) is 4.98 Å². The Morgan fingerprint density at radius 1 is 1.36 bits per heavy atom. The smallest absolute Gasteiger partial charge is 0.351 e. The predicted octanol–water partition coefficient (Wildman–Crippen LogP) is 0.0912. The molecular formula is C17H20N4O7. The van der Waals surface area contributed by atoms with Crippen LogP contribution in [-0.2, 0) is 22.7 Å². The molecule has 1 fully saturated rings. The van der Waals surface area contributed by atoms with Crippen LogP contribution in [0, 0.1) is 10.1 Å². The zero-order valence-electron chi connectivity index (χ0n) is 14.8. The minimum absolute atomic E-state index is 0.0268. The van der Waals surface area contributed by atoms with Crippen molar-refractivity contribution in [3.63, 3.8) is 0 Å². The van der Waals surface area contributed by atoms with E-state index in [1.54, 1.807) is 18.2 Å². The van der Waals surface area contributed by atoms with Gasteiger partial charge >= 0.3 is 5.69 Å². The van der Waals surface area contributed by atoms with Crippen molar-refractivity contribution in [3.05, 3.63) is 62.2 Å². The normalized spacial score (nSPS) is 21.7. The lowest BCUT2D eigenvalue weighted by atomic mass is 10.2. The van der Waals surface area contributed by atoms with Crippen molar-refractivity contribution < 1.29 is 24.6 Å². The van der Waals surface area contributed by atoms with E-state index in [9.17, 15) is 25.1 Å². The molecule has 1 aromatic heterocycles. The quantitative estimate of drug-likeness (QED) is 0.438. The fourth-order valence-corrected chi connectivity index (χ4v) is 2.97. The van der Waals surface area contributed by atoms with E-state index < -0.39 is 29.0 Å². The summed E-state index contributed by atoms with van der Waals surface area (Å²) >= 11 is 0. The van der Waals surface area contributed by atoms with Gasteiger partial charge in [0.1, 0.15) is 18.1 Å². The second kappa shape index (κ2) is 8.44. The highest BCUT2D eigenvalue weighted by Gasteiger charge is 2.35. The van der Waals surface area contributed by atoms with Crippen molar-refractivity contribution in [3.8, 4) is 0 Å². The van der Waals surface area contributed by atoms with Crippen LogP contribution in [0.1, 0.15) is 23.8 Å². The Labute approximate surface area is 159 Å². The van der Waals surface area contributed by atoms with Crippen LogP contribution in [0.2, 0.25) is 0 Å². The number of nitrogen functional groups attached to an aromatic ring is 1. The number of nitrogens with zero attached hydrogens (tertiary/aromatic N) is 3. The SMILES string of the molecule is Nc1nc(=O)n([C@H]2C[C@@H](O)[C@@H](CO)O2)cc1COCc1ccccc1[N+](=O)[O-]. The lowest BCUT2D eigenvalue weighted by Gasteiger charge is -2.16. The van der Waals surface area contributed by atoms with Gasteiger partial charge in [0.15, 0.2) is 0 Å². The van der Waals surface area contributed by atoms with Crippen LogP contribution in [-0.4, -0.2) is 43.5 Å². The molecule has 0 saturated carbocycles. The van der Waals surface area contributed by atoms with Gasteiger partial charge in [0.2, 0.25) is 0 Å². The van der Waals surface area contributed by atoms with Gasteiger partial charge in [0.25, 0.3) is 5.69 Å². The van der Waals surface area contributed by atoms with Crippen LogP contribution in [0.15, 0.2) is 35.3 Å². The monoisotopic (exact) mass is 392 g/mol. The summed E-state index contributed by atoms with van der Waals surface area (Å²) in [4.78, 5) is 26.4. The van der Waals surface area contributed by atoms with Crippen molar-refractivity contribution in [1.82, 2.24) is 9.55 Å². The first-order valence-electron chi connectivity index (χ1n) is 8.52. The number of aromatic nitrogens is 2. The van der Waals surface area contributed by atoms with Crippen molar-refractivity contribution in [1.29, 1.82) is 0 Å². The first-order valence-corrected chi connectivity index (χ1v) is 8.52. The number of ether oxygens (including phenoxy) is 2. The topological polar surface area (TPSA) is 163 Å². The van der Waals surface area contributed by atoms with Gasteiger partial charge in [-0.1, -0.05) is 12.1 Å². The molecule has 2 aromatic rings. The second-order valence-electron chi connectivity index (χ2n) is 6.33. The van der Waals surface area contributed by atoms with E-state index in [4.69, 9.17) is 15.2 Å². The first-order chi connectivity index (χ1) is 13.4. The van der Waals surface area contributed by atoms with Crippen molar-refractivity contribution >= 4 is 11.5 Å². The number of para-hydroxylation sites is 1. The molecule has 0 radical (unpaired) electrons. The van der Waals surface area contributed by atoms with Gasteiger partial charge in [-0.2, -0.15) is 4.98 Å². The standard InChI is InChI=1S/C17H20N4O7/c18-16-11(9-27-8-10-3-1-2-4-12(10)21(25)26)6-20(17(24)19-16)15-5-13(23)14(7-22)28-15/h1-4,6,13-15,22-23H,5,7-9H2,(H2,18,19,24)/t13-,14-,15-/m1/s1. The lowest BCUT2D eigenvalue weighted by molar-refractivity contribution is -0.386. The molecule has 0 bridgehead atoms. The Morgan fingerprint density at radius 3 is 2.75 bits per heavy atom. The van der Waals surface area contributed by atoms with Crippen LogP contribution in [0.4, 0.5) is 11.5 Å². The lowest BCUT2D eigenvalue weighted by Crippen LogP contribution is -2.29. The molecule has 28 heavy (non-hydrogen) atoms. The van der Waals surface area contributed by atoms with Crippen molar-refractivity contribution in [2.75, 3.05) is 12.3 Å². The molecule has 4 N–H and O–H groups in total. The summed E-state index contributed by atoms with van der Waals surface area (Å²) in [5.41, 5.74) is 5.87. The highest BCUT2D eigenvalue weighted by atomic mass is 16.6. The van der Waals surface area contributed by atoms with Gasteiger partial charge in [-0.3, -0.25) is 14.7 Å². The van der Waals surface area contributed by atoms with E-state index in [0.717, 1.165) is 0 Å². The minimum Gasteiger partial charge on any atom is -0.394 e. The second-order valence-corrected chi connectivity index (χ2v) is 6.33. The van der Waals surface area contributed by atoms with E-state index in [0.29, 0.717) is 11.1 Å². The van der Waals surface area contributed by atoms with Crippen LogP contribution in [0.3, 0.4) is 0 Å². The summed E-state index contributed by atoms with van der Waals surface area (Å²) in [5.74, 6) is -0.0268. The molecule has 1 saturated heterocycles. The Morgan fingerprint density at radius 2 is 2.07 bits per heavy atom. The third-order valence-electron chi connectivity index (χ3n) is 4.46. The summed E-state index contributed by atoms with van der Waals surface area (Å²) in [7, 11) is 0. The zero-order valence-corrected chi connectivity index (χ0v) is 14.8. The average molecular weight is 392 g/mol. The molecular weight excluding hydrogens is 372 g/mol. The Bertz CT molecular complexity index is 917. The molecule has 0 aliphatic carbocycles. The molecule has 0 unspecified atom stereocenters. The van der Waals surface area contributed by atoms with E-state index in [-0.39, 0.29) is 37.7 Å². The molecule has 1 aliphatic rings. The largest absolute Gasteiger partial charge is 0.394 e. The molecule has 11 heteroatoms. The Hall–Kier alpha value is -2.86. The van der Waals surface area contributed by atoms with Crippen molar-refractivity contribution in [2.24, 2.45) is 0 Å². The molecule has 0 amide bonds. The number of aliphatic hydroxyl groups is 2. The number of rotatable bonds is 7. The maximum Gasteiger partial charge on any atom is 0.351 e. The average Bonchev–Trinajstić information content (AvgIpc) is 3.04. The Kier molecular flexibility index (Phi) is 5.99. The van der Waals surface area contributed by atoms with Gasteiger partial charge in [-0.15, -0.1) is 0 Å². The van der Waals surface area contributed by atoms with Gasteiger partial charge in [0, 0.05) is 24.2 Å². The summed E-state index contributed by atoms with van der Waals surface area (Å²) in [5, 5.41) is 30.1. The molecule has 3 rings (SSSR count). The maximum atomic E-state index is 12.1. The number of nitrogens with two attached hydrogens (primary N) is 1. The highest BCUT2D eigenvalue weighted by Crippen LogP contribution is 2.28. The fourth-order valence-electron chi connectivity index (χ4n) is 2.97. The molecule has 11 nitrogen and oxygen atoms in total. The summed E-state index contributed by atoms with van der Waals surface area (Å²) in [6.07, 6.45) is -0.943. The van der Waals surface area contributed by atoms with Crippen molar-refractivity contribution in [2.45, 2.75) is 38.1 Å². The first kappa shape index (κ1) is 19.9. The van der Waals surface area contributed by atoms with Gasteiger partial charge < -0.3 is 25.4 Å². The fraction of sp³-hybridized carbons (Fsp3) is 0.412. The third kappa shape index (κ3) is 4.17.